The van der Waals surface area contributed by atoms with Crippen molar-refractivity contribution in [1.82, 2.24) is 9.88 Å². The molecular formula is C21H23N3OS. The van der Waals surface area contributed by atoms with Crippen molar-refractivity contribution in [3.05, 3.63) is 54.6 Å². The van der Waals surface area contributed by atoms with E-state index in [4.69, 9.17) is 9.72 Å². The molecule has 2 aromatic carbocycles. The normalized spacial score (nSPS) is 12.0. The molecule has 0 aliphatic heterocycles. The molecule has 0 spiro atoms. The van der Waals surface area contributed by atoms with Gasteiger partial charge in [0, 0.05) is 18.3 Å². The number of likely N-dealkylation sites (N-methyl/N-ethyl adjacent to an activating group) is 1. The van der Waals surface area contributed by atoms with Gasteiger partial charge in [0.05, 0.1) is 10.2 Å². The van der Waals surface area contributed by atoms with Crippen LogP contribution in [0.3, 0.4) is 0 Å². The number of nitrogens with zero attached hydrogens (tertiary/aromatic N) is 3. The highest BCUT2D eigenvalue weighted by Gasteiger charge is 2.10. The second-order valence-electron chi connectivity index (χ2n) is 6.12. The summed E-state index contributed by atoms with van der Waals surface area (Å²) in [4.78, 5) is 11.4. The maximum atomic E-state index is 5.93. The molecule has 1 heterocycles. The molecular weight excluding hydrogens is 342 g/mol. The lowest BCUT2D eigenvalue weighted by Gasteiger charge is -2.13. The zero-order valence-corrected chi connectivity index (χ0v) is 16.2. The molecule has 1 aromatic heterocycles. The highest BCUT2D eigenvalue weighted by Crippen LogP contribution is 2.36. The van der Waals surface area contributed by atoms with Crippen LogP contribution in [0.4, 0.5) is 5.69 Å². The number of para-hydroxylation sites is 1. The van der Waals surface area contributed by atoms with E-state index in [9.17, 15) is 0 Å². The standard InChI is InChI=1S/C21H23N3OS/c1-4-5-12-22-18-15-16(10-11-19(18)25-14-13-24(2)3)21-23-17-8-6-7-9-20(17)26-21/h4-12,15H,13-14H2,1-3H3/b5-4+,22-12?. The third-order valence-electron chi connectivity index (χ3n) is 3.79. The molecule has 5 heteroatoms. The summed E-state index contributed by atoms with van der Waals surface area (Å²) in [5, 5.41) is 0.994. The lowest BCUT2D eigenvalue weighted by molar-refractivity contribution is 0.262. The SMILES string of the molecule is C/C=C/C=Nc1cc(-c2nc3ccccc3s2)ccc1OCCN(C)C. The Morgan fingerprint density at radius 2 is 2.04 bits per heavy atom. The van der Waals surface area contributed by atoms with Gasteiger partial charge in [-0.15, -0.1) is 11.3 Å². The first kappa shape index (κ1) is 18.3. The van der Waals surface area contributed by atoms with Crippen LogP contribution >= 0.6 is 11.3 Å². The van der Waals surface area contributed by atoms with Crippen molar-refractivity contribution in [2.75, 3.05) is 27.2 Å². The Kier molecular flexibility index (Phi) is 6.15. The number of rotatable bonds is 7. The van der Waals surface area contributed by atoms with Gasteiger partial charge in [-0.1, -0.05) is 18.2 Å². The summed E-state index contributed by atoms with van der Waals surface area (Å²) in [5.74, 6) is 0.789. The van der Waals surface area contributed by atoms with Crippen LogP contribution in [0.1, 0.15) is 6.92 Å². The fraction of sp³-hybridized carbons (Fsp3) is 0.238. The zero-order chi connectivity index (χ0) is 18.4. The lowest BCUT2D eigenvalue weighted by Crippen LogP contribution is -2.19. The van der Waals surface area contributed by atoms with E-state index in [-0.39, 0.29) is 0 Å². The summed E-state index contributed by atoms with van der Waals surface area (Å²) in [7, 11) is 4.06. The topological polar surface area (TPSA) is 37.7 Å². The van der Waals surface area contributed by atoms with E-state index in [0.29, 0.717) is 6.61 Å². The van der Waals surface area contributed by atoms with Crippen LogP contribution in [0, 0.1) is 0 Å². The van der Waals surface area contributed by atoms with Gasteiger partial charge in [0.25, 0.3) is 0 Å². The fourth-order valence-electron chi connectivity index (χ4n) is 2.42. The lowest BCUT2D eigenvalue weighted by atomic mass is 10.2. The molecule has 0 radical (unpaired) electrons. The number of thiazole rings is 1. The molecule has 0 amide bonds. The van der Waals surface area contributed by atoms with Crippen LogP contribution in [0.25, 0.3) is 20.8 Å². The number of hydrogen-bond acceptors (Lipinski definition) is 5. The van der Waals surface area contributed by atoms with Crippen LogP contribution in [0.2, 0.25) is 0 Å². The molecule has 0 aliphatic rings. The van der Waals surface area contributed by atoms with Gasteiger partial charge < -0.3 is 9.64 Å². The van der Waals surface area contributed by atoms with Gasteiger partial charge in [-0.25, -0.2) is 4.98 Å². The molecule has 0 aliphatic carbocycles. The fourth-order valence-corrected chi connectivity index (χ4v) is 3.38. The molecule has 0 atom stereocenters. The van der Waals surface area contributed by atoms with Gasteiger partial charge in [0.1, 0.15) is 23.1 Å². The Hall–Kier alpha value is -2.50. The van der Waals surface area contributed by atoms with E-state index in [0.717, 1.165) is 34.1 Å². The van der Waals surface area contributed by atoms with Crippen LogP contribution < -0.4 is 4.74 Å². The van der Waals surface area contributed by atoms with Crippen molar-refractivity contribution >= 4 is 33.5 Å². The Labute approximate surface area is 158 Å². The van der Waals surface area contributed by atoms with Crippen LogP contribution in [-0.4, -0.2) is 43.3 Å². The second-order valence-corrected chi connectivity index (χ2v) is 7.16. The third kappa shape index (κ3) is 4.56. The maximum absolute atomic E-state index is 5.93. The third-order valence-corrected chi connectivity index (χ3v) is 4.87. The highest BCUT2D eigenvalue weighted by molar-refractivity contribution is 7.21. The number of ether oxygens (including phenoxy) is 1. The molecule has 0 unspecified atom stereocenters. The van der Waals surface area contributed by atoms with Gasteiger partial charge in [-0.3, -0.25) is 4.99 Å². The summed E-state index contributed by atoms with van der Waals surface area (Å²) in [5.41, 5.74) is 2.90. The van der Waals surface area contributed by atoms with E-state index in [1.54, 1.807) is 17.6 Å². The molecule has 0 bridgehead atoms. The van der Waals surface area contributed by atoms with Gasteiger partial charge >= 0.3 is 0 Å². The number of aliphatic imine (C=N–C) groups is 1. The van der Waals surface area contributed by atoms with Crippen molar-refractivity contribution in [2.24, 2.45) is 4.99 Å². The molecule has 134 valence electrons. The minimum Gasteiger partial charge on any atom is -0.490 e. The first-order valence-electron chi connectivity index (χ1n) is 8.60. The van der Waals surface area contributed by atoms with Gasteiger partial charge in [0.15, 0.2) is 0 Å². The summed E-state index contributed by atoms with van der Waals surface area (Å²) in [6.45, 7) is 3.45. The summed E-state index contributed by atoms with van der Waals surface area (Å²) >= 11 is 1.69. The van der Waals surface area contributed by atoms with Crippen LogP contribution in [0.5, 0.6) is 5.75 Å². The van der Waals surface area contributed by atoms with E-state index < -0.39 is 0 Å². The number of aromatic nitrogens is 1. The molecule has 0 saturated heterocycles. The van der Waals surface area contributed by atoms with Gasteiger partial charge in [-0.05, 0) is 57.4 Å². The van der Waals surface area contributed by atoms with Gasteiger partial charge in [-0.2, -0.15) is 0 Å². The minimum absolute atomic E-state index is 0.625. The number of hydrogen-bond donors (Lipinski definition) is 0. The van der Waals surface area contributed by atoms with E-state index >= 15 is 0 Å². The predicted molar refractivity (Wildman–Crippen MR) is 112 cm³/mol. The predicted octanol–water partition coefficient (Wildman–Crippen LogP) is 5.18. The smallest absolute Gasteiger partial charge is 0.145 e. The van der Waals surface area contributed by atoms with Crippen LogP contribution in [0.15, 0.2) is 59.6 Å². The van der Waals surface area contributed by atoms with E-state index in [1.807, 2.05) is 63.5 Å². The Morgan fingerprint density at radius 3 is 2.81 bits per heavy atom. The monoisotopic (exact) mass is 365 g/mol. The maximum Gasteiger partial charge on any atom is 0.145 e. The molecule has 3 rings (SSSR count). The molecule has 0 saturated carbocycles. The molecule has 26 heavy (non-hydrogen) atoms. The van der Waals surface area contributed by atoms with Crippen molar-refractivity contribution in [1.29, 1.82) is 0 Å². The number of benzene rings is 2. The average molecular weight is 366 g/mol. The second kappa shape index (κ2) is 8.74. The van der Waals surface area contributed by atoms with Crippen molar-refractivity contribution < 1.29 is 4.74 Å². The first-order chi connectivity index (χ1) is 12.7. The molecule has 3 aromatic rings. The Balaban J connectivity index is 1.92. The van der Waals surface area contributed by atoms with Crippen molar-refractivity contribution in [3.8, 4) is 16.3 Å². The number of allylic oxidation sites excluding steroid dienone is 2. The van der Waals surface area contributed by atoms with Crippen molar-refractivity contribution in [3.63, 3.8) is 0 Å². The molecule has 0 N–H and O–H groups in total. The average Bonchev–Trinajstić information content (AvgIpc) is 3.07. The zero-order valence-electron chi connectivity index (χ0n) is 15.3. The minimum atomic E-state index is 0.625. The molecule has 4 nitrogen and oxygen atoms in total. The van der Waals surface area contributed by atoms with Crippen molar-refractivity contribution in [2.45, 2.75) is 6.92 Å². The Morgan fingerprint density at radius 1 is 1.19 bits per heavy atom. The number of fused-ring (bicyclic) bond motifs is 1. The highest BCUT2D eigenvalue weighted by atomic mass is 32.1. The summed E-state index contributed by atoms with van der Waals surface area (Å²) < 4.78 is 7.12. The van der Waals surface area contributed by atoms with E-state index in [1.165, 1.54) is 4.70 Å². The summed E-state index contributed by atoms with van der Waals surface area (Å²) in [6, 6.07) is 14.3. The van der Waals surface area contributed by atoms with E-state index in [2.05, 4.69) is 22.0 Å². The largest absolute Gasteiger partial charge is 0.490 e. The Bertz CT molecular complexity index is 895. The molecule has 0 fully saturated rings. The summed E-state index contributed by atoms with van der Waals surface area (Å²) in [6.07, 6.45) is 5.65. The van der Waals surface area contributed by atoms with Crippen LogP contribution in [-0.2, 0) is 0 Å². The quantitative estimate of drug-likeness (QED) is 0.541. The first-order valence-corrected chi connectivity index (χ1v) is 9.42. The van der Waals surface area contributed by atoms with Gasteiger partial charge in [0.2, 0.25) is 0 Å².